The predicted molar refractivity (Wildman–Crippen MR) is 62.4 cm³/mol. The summed E-state index contributed by atoms with van der Waals surface area (Å²) in [6.45, 7) is 10.3. The van der Waals surface area contributed by atoms with E-state index in [0.717, 1.165) is 13.0 Å². The summed E-state index contributed by atoms with van der Waals surface area (Å²) in [7, 11) is 0. The van der Waals surface area contributed by atoms with Crippen LogP contribution in [0.4, 0.5) is 0 Å². The van der Waals surface area contributed by atoms with Crippen LogP contribution in [0.2, 0.25) is 0 Å². The molecule has 14 heavy (non-hydrogen) atoms. The molecular weight excluding hydrogens is 174 g/mol. The Hall–Kier alpha value is -0.0800. The zero-order chi connectivity index (χ0) is 11.0. The van der Waals surface area contributed by atoms with Crippen LogP contribution in [-0.4, -0.2) is 24.3 Å². The lowest BCUT2D eigenvalue weighted by atomic mass is 9.98. The van der Waals surface area contributed by atoms with Crippen LogP contribution in [0.15, 0.2) is 0 Å². The van der Waals surface area contributed by atoms with Gasteiger partial charge in [0.2, 0.25) is 0 Å². The first-order valence-electron chi connectivity index (χ1n) is 5.96. The van der Waals surface area contributed by atoms with Crippen molar-refractivity contribution in [2.24, 2.45) is 11.8 Å². The molecule has 0 spiro atoms. The van der Waals surface area contributed by atoms with E-state index in [9.17, 15) is 0 Å². The van der Waals surface area contributed by atoms with Crippen LogP contribution >= 0.6 is 0 Å². The topological polar surface area (TPSA) is 32.3 Å². The van der Waals surface area contributed by atoms with Gasteiger partial charge in [-0.05, 0) is 38.1 Å². The summed E-state index contributed by atoms with van der Waals surface area (Å²) in [6.07, 6.45) is 3.37. The van der Waals surface area contributed by atoms with Gasteiger partial charge in [0.05, 0.1) is 0 Å². The third kappa shape index (κ3) is 6.39. The second-order valence-corrected chi connectivity index (χ2v) is 4.61. The molecule has 2 nitrogen and oxygen atoms in total. The van der Waals surface area contributed by atoms with Gasteiger partial charge in [-0.3, -0.25) is 0 Å². The van der Waals surface area contributed by atoms with Crippen molar-refractivity contribution in [3.8, 4) is 0 Å². The molecule has 0 fully saturated rings. The average Bonchev–Trinajstić information content (AvgIpc) is 2.14. The average molecular weight is 201 g/mol. The Morgan fingerprint density at radius 2 is 1.79 bits per heavy atom. The second kappa shape index (κ2) is 8.25. The molecule has 0 radical (unpaired) electrons. The van der Waals surface area contributed by atoms with E-state index in [-0.39, 0.29) is 0 Å². The summed E-state index contributed by atoms with van der Waals surface area (Å²) < 4.78 is 0. The first kappa shape index (κ1) is 13.9. The van der Waals surface area contributed by atoms with Crippen molar-refractivity contribution in [2.75, 3.05) is 13.2 Å². The molecule has 0 aliphatic heterocycles. The molecule has 0 bridgehead atoms. The van der Waals surface area contributed by atoms with E-state index in [2.05, 4.69) is 33.0 Å². The van der Waals surface area contributed by atoms with Gasteiger partial charge >= 0.3 is 0 Å². The standard InChI is InChI=1S/C12H27NO/c1-5-6-12(7-8-14)9-13-11(4)10(2)3/h10-14H,5-9H2,1-4H3. The highest BCUT2D eigenvalue weighted by Crippen LogP contribution is 2.10. The molecule has 86 valence electrons. The van der Waals surface area contributed by atoms with Gasteiger partial charge in [-0.25, -0.2) is 0 Å². The zero-order valence-electron chi connectivity index (χ0n) is 10.2. The SMILES string of the molecule is CCCC(CCO)CNC(C)C(C)C. The van der Waals surface area contributed by atoms with Crippen LogP contribution in [0.1, 0.15) is 47.0 Å². The number of hydrogen-bond donors (Lipinski definition) is 2. The van der Waals surface area contributed by atoms with Gasteiger partial charge in [0.1, 0.15) is 0 Å². The van der Waals surface area contributed by atoms with Gasteiger partial charge in [-0.15, -0.1) is 0 Å². The first-order valence-corrected chi connectivity index (χ1v) is 5.96. The smallest absolute Gasteiger partial charge is 0.0434 e. The highest BCUT2D eigenvalue weighted by Gasteiger charge is 2.10. The maximum absolute atomic E-state index is 8.91. The van der Waals surface area contributed by atoms with Crippen molar-refractivity contribution >= 4 is 0 Å². The molecule has 0 saturated carbocycles. The lowest BCUT2D eigenvalue weighted by molar-refractivity contribution is 0.242. The number of aliphatic hydroxyl groups excluding tert-OH is 1. The zero-order valence-corrected chi connectivity index (χ0v) is 10.2. The molecular formula is C12H27NO. The minimum atomic E-state index is 0.322. The number of rotatable bonds is 8. The maximum atomic E-state index is 8.91. The van der Waals surface area contributed by atoms with E-state index in [1.54, 1.807) is 0 Å². The molecule has 2 N–H and O–H groups in total. The molecule has 0 aromatic heterocycles. The van der Waals surface area contributed by atoms with Gasteiger partial charge < -0.3 is 10.4 Å². The van der Waals surface area contributed by atoms with E-state index in [1.807, 2.05) is 0 Å². The van der Waals surface area contributed by atoms with Crippen LogP contribution < -0.4 is 5.32 Å². The molecule has 2 unspecified atom stereocenters. The highest BCUT2D eigenvalue weighted by atomic mass is 16.3. The molecule has 0 heterocycles. The molecule has 0 saturated heterocycles. The Balaban J connectivity index is 3.68. The van der Waals surface area contributed by atoms with Gasteiger partial charge in [-0.2, -0.15) is 0 Å². The summed E-state index contributed by atoms with van der Waals surface area (Å²) in [5.41, 5.74) is 0. The molecule has 0 aliphatic carbocycles. The van der Waals surface area contributed by atoms with Crippen molar-refractivity contribution < 1.29 is 5.11 Å². The summed E-state index contributed by atoms with van der Waals surface area (Å²) in [6, 6.07) is 0.577. The largest absolute Gasteiger partial charge is 0.396 e. The normalized spacial score (nSPS) is 15.9. The maximum Gasteiger partial charge on any atom is 0.0434 e. The molecule has 2 heteroatoms. The third-order valence-electron chi connectivity index (χ3n) is 2.96. The van der Waals surface area contributed by atoms with E-state index >= 15 is 0 Å². The van der Waals surface area contributed by atoms with Crippen LogP contribution in [0, 0.1) is 11.8 Å². The van der Waals surface area contributed by atoms with Crippen LogP contribution in [0.3, 0.4) is 0 Å². The van der Waals surface area contributed by atoms with Gasteiger partial charge in [0.25, 0.3) is 0 Å². The number of nitrogens with one attached hydrogen (secondary N) is 1. The molecule has 0 aromatic rings. The van der Waals surface area contributed by atoms with E-state index in [1.165, 1.54) is 12.8 Å². The minimum Gasteiger partial charge on any atom is -0.396 e. The van der Waals surface area contributed by atoms with Crippen LogP contribution in [-0.2, 0) is 0 Å². The van der Waals surface area contributed by atoms with E-state index < -0.39 is 0 Å². The molecule has 2 atom stereocenters. The summed E-state index contributed by atoms with van der Waals surface area (Å²) >= 11 is 0. The van der Waals surface area contributed by atoms with Gasteiger partial charge in [-0.1, -0.05) is 27.2 Å². The van der Waals surface area contributed by atoms with Crippen molar-refractivity contribution in [2.45, 2.75) is 53.0 Å². The van der Waals surface area contributed by atoms with Crippen LogP contribution in [0.25, 0.3) is 0 Å². The minimum absolute atomic E-state index is 0.322. The van der Waals surface area contributed by atoms with Crippen LogP contribution in [0.5, 0.6) is 0 Å². The van der Waals surface area contributed by atoms with Gasteiger partial charge in [0, 0.05) is 12.6 Å². The number of hydrogen-bond acceptors (Lipinski definition) is 2. The Labute approximate surface area is 89.1 Å². The lowest BCUT2D eigenvalue weighted by Gasteiger charge is -2.22. The van der Waals surface area contributed by atoms with Crippen molar-refractivity contribution in [1.29, 1.82) is 0 Å². The Bertz CT molecular complexity index is 119. The van der Waals surface area contributed by atoms with E-state index in [0.29, 0.717) is 24.5 Å². The second-order valence-electron chi connectivity index (χ2n) is 4.61. The molecule has 0 aliphatic rings. The Kier molecular flexibility index (Phi) is 8.20. The van der Waals surface area contributed by atoms with Crippen molar-refractivity contribution in [1.82, 2.24) is 5.32 Å². The van der Waals surface area contributed by atoms with E-state index in [4.69, 9.17) is 5.11 Å². The van der Waals surface area contributed by atoms with Crippen molar-refractivity contribution in [3.63, 3.8) is 0 Å². The molecule has 0 rings (SSSR count). The summed E-state index contributed by atoms with van der Waals surface area (Å²) in [5, 5.41) is 12.5. The first-order chi connectivity index (χ1) is 6.61. The molecule has 0 aromatic carbocycles. The summed E-state index contributed by atoms with van der Waals surface area (Å²) in [5.74, 6) is 1.33. The third-order valence-corrected chi connectivity index (χ3v) is 2.96. The Morgan fingerprint density at radius 1 is 1.14 bits per heavy atom. The number of aliphatic hydroxyl groups is 1. The summed E-state index contributed by atoms with van der Waals surface area (Å²) in [4.78, 5) is 0. The van der Waals surface area contributed by atoms with Crippen molar-refractivity contribution in [3.05, 3.63) is 0 Å². The predicted octanol–water partition coefficient (Wildman–Crippen LogP) is 2.42. The Morgan fingerprint density at radius 3 is 2.21 bits per heavy atom. The fraction of sp³-hybridized carbons (Fsp3) is 1.00. The monoisotopic (exact) mass is 201 g/mol. The highest BCUT2D eigenvalue weighted by molar-refractivity contribution is 4.68. The fourth-order valence-corrected chi connectivity index (χ4v) is 1.53. The van der Waals surface area contributed by atoms with Gasteiger partial charge in [0.15, 0.2) is 0 Å². The lowest BCUT2D eigenvalue weighted by Crippen LogP contribution is -2.35. The molecule has 0 amide bonds. The fourth-order valence-electron chi connectivity index (χ4n) is 1.53. The quantitative estimate of drug-likeness (QED) is 0.632.